The Bertz CT molecular complexity index is 683. The van der Waals surface area contributed by atoms with Crippen molar-refractivity contribution in [2.75, 3.05) is 5.32 Å². The maximum absolute atomic E-state index is 13.0. The Hall–Kier alpha value is -2.28. The number of anilines is 1. The van der Waals surface area contributed by atoms with Crippen molar-refractivity contribution in [3.05, 3.63) is 35.0 Å². The second-order valence-electron chi connectivity index (χ2n) is 4.57. The van der Waals surface area contributed by atoms with Crippen molar-refractivity contribution in [2.24, 2.45) is 0 Å². The molecular formula is C15H14FN2O3S-. The molecule has 0 radical (unpaired) electrons. The predicted octanol–water partition coefficient (Wildman–Crippen LogP) is 1.98. The van der Waals surface area contributed by atoms with E-state index in [0.29, 0.717) is 10.8 Å². The zero-order valence-corrected chi connectivity index (χ0v) is 12.7. The Kier molecular flexibility index (Phi) is 5.21. The molecule has 0 bridgehead atoms. The summed E-state index contributed by atoms with van der Waals surface area (Å²) in [6.07, 6.45) is 0.233. The maximum atomic E-state index is 13.0. The predicted molar refractivity (Wildman–Crippen MR) is 79.8 cm³/mol. The van der Waals surface area contributed by atoms with Crippen LogP contribution >= 0.6 is 11.3 Å². The highest BCUT2D eigenvalue weighted by Gasteiger charge is 2.13. The lowest BCUT2D eigenvalue weighted by Gasteiger charge is -2.02. The Morgan fingerprint density at radius 2 is 1.95 bits per heavy atom. The van der Waals surface area contributed by atoms with Gasteiger partial charge in [0.15, 0.2) is 5.13 Å². The molecule has 22 heavy (non-hydrogen) atoms. The van der Waals surface area contributed by atoms with Gasteiger partial charge in [0.1, 0.15) is 5.82 Å². The number of carbonyl (C=O) groups excluding carboxylic acids is 2. The number of rotatable bonds is 6. The highest BCUT2D eigenvalue weighted by atomic mass is 32.1. The van der Waals surface area contributed by atoms with E-state index < -0.39 is 11.9 Å². The first-order chi connectivity index (χ1) is 10.5. The summed E-state index contributed by atoms with van der Waals surface area (Å²) in [5.41, 5.74) is 1.47. The number of carbonyl (C=O) groups is 2. The van der Waals surface area contributed by atoms with Gasteiger partial charge in [0.05, 0.1) is 5.69 Å². The molecule has 0 fully saturated rings. The van der Waals surface area contributed by atoms with Crippen molar-refractivity contribution in [1.82, 2.24) is 4.98 Å². The number of amides is 1. The zero-order chi connectivity index (χ0) is 16.1. The van der Waals surface area contributed by atoms with E-state index in [0.717, 1.165) is 16.9 Å². The van der Waals surface area contributed by atoms with E-state index in [1.54, 1.807) is 12.1 Å². The van der Waals surface area contributed by atoms with Crippen LogP contribution in [0, 0.1) is 5.82 Å². The third-order valence-corrected chi connectivity index (χ3v) is 4.05. The molecule has 1 aromatic carbocycles. The molecule has 0 unspecified atom stereocenters. The lowest BCUT2D eigenvalue weighted by molar-refractivity contribution is -0.305. The summed E-state index contributed by atoms with van der Waals surface area (Å²) in [5, 5.41) is 13.3. The summed E-state index contributed by atoms with van der Waals surface area (Å²) in [4.78, 5) is 27.3. The highest BCUT2D eigenvalue weighted by Crippen LogP contribution is 2.31. The minimum atomic E-state index is -1.27. The number of hydrogen-bond donors (Lipinski definition) is 1. The number of carboxylic acid groups (broad SMARTS) is 1. The first kappa shape index (κ1) is 16.1. The van der Waals surface area contributed by atoms with E-state index in [1.807, 2.05) is 6.92 Å². The molecule has 7 heteroatoms. The van der Waals surface area contributed by atoms with Gasteiger partial charge in [-0.2, -0.15) is 0 Å². The molecule has 5 nitrogen and oxygen atoms in total. The molecule has 1 N–H and O–H groups in total. The standard InChI is InChI=1S/C15H15FN2O3S/c1-2-11-14(9-3-5-10(16)6-4-9)18-15(22-11)17-12(19)7-8-13(20)21/h3-6H,2,7-8H2,1H3,(H,20,21)(H,17,18,19)/p-1. The van der Waals surface area contributed by atoms with Gasteiger partial charge in [-0.15, -0.1) is 11.3 Å². The lowest BCUT2D eigenvalue weighted by atomic mass is 10.1. The van der Waals surface area contributed by atoms with Crippen molar-refractivity contribution < 1.29 is 19.1 Å². The number of aromatic nitrogens is 1. The van der Waals surface area contributed by atoms with Crippen LogP contribution in [0.25, 0.3) is 11.3 Å². The van der Waals surface area contributed by atoms with Crippen LogP contribution in [0.5, 0.6) is 0 Å². The number of aryl methyl sites for hydroxylation is 1. The number of nitrogens with zero attached hydrogens (tertiary/aromatic N) is 1. The minimum absolute atomic E-state index is 0.157. The molecule has 0 saturated carbocycles. The van der Waals surface area contributed by atoms with Gasteiger partial charge >= 0.3 is 0 Å². The van der Waals surface area contributed by atoms with Crippen molar-refractivity contribution in [3.63, 3.8) is 0 Å². The van der Waals surface area contributed by atoms with Crippen LogP contribution in [0.4, 0.5) is 9.52 Å². The highest BCUT2D eigenvalue weighted by molar-refractivity contribution is 7.16. The molecule has 0 atom stereocenters. The summed E-state index contributed by atoms with van der Waals surface area (Å²) in [6.45, 7) is 1.96. The van der Waals surface area contributed by atoms with Crippen molar-refractivity contribution >= 4 is 28.3 Å². The van der Waals surface area contributed by atoms with E-state index in [4.69, 9.17) is 0 Å². The number of nitrogens with one attached hydrogen (secondary N) is 1. The van der Waals surface area contributed by atoms with Crippen LogP contribution in [0.15, 0.2) is 24.3 Å². The van der Waals surface area contributed by atoms with Crippen LogP contribution in [0.1, 0.15) is 24.6 Å². The first-order valence-corrected chi connectivity index (χ1v) is 7.56. The fourth-order valence-corrected chi connectivity index (χ4v) is 2.82. The third kappa shape index (κ3) is 4.11. The number of benzene rings is 1. The van der Waals surface area contributed by atoms with Gasteiger partial charge in [-0.25, -0.2) is 9.37 Å². The Morgan fingerprint density at radius 3 is 2.55 bits per heavy atom. The molecule has 1 heterocycles. The van der Waals surface area contributed by atoms with Crippen molar-refractivity contribution in [2.45, 2.75) is 26.2 Å². The summed E-state index contributed by atoms with van der Waals surface area (Å²) < 4.78 is 13.0. The van der Waals surface area contributed by atoms with Gasteiger partial charge in [0, 0.05) is 22.8 Å². The molecule has 0 aliphatic carbocycles. The largest absolute Gasteiger partial charge is 0.550 e. The number of thiazole rings is 1. The van der Waals surface area contributed by atoms with Gasteiger partial charge in [0.2, 0.25) is 5.91 Å². The third-order valence-electron chi connectivity index (χ3n) is 2.94. The van der Waals surface area contributed by atoms with Crippen LogP contribution in [0.2, 0.25) is 0 Å². The molecule has 1 amide bonds. The molecular weight excluding hydrogens is 307 g/mol. The van der Waals surface area contributed by atoms with Gasteiger partial charge < -0.3 is 15.2 Å². The molecule has 0 aliphatic heterocycles. The SMILES string of the molecule is CCc1sc(NC(=O)CCC(=O)[O-])nc1-c1ccc(F)cc1. The van der Waals surface area contributed by atoms with Crippen LogP contribution < -0.4 is 10.4 Å². The molecule has 116 valence electrons. The van der Waals surface area contributed by atoms with Crippen LogP contribution in [-0.2, 0) is 16.0 Å². The van der Waals surface area contributed by atoms with Gasteiger partial charge in [-0.05, 0) is 37.1 Å². The number of halogens is 1. The van der Waals surface area contributed by atoms with Crippen molar-refractivity contribution in [3.8, 4) is 11.3 Å². The molecule has 0 spiro atoms. The Balaban J connectivity index is 2.16. The summed E-state index contributed by atoms with van der Waals surface area (Å²) in [7, 11) is 0. The van der Waals surface area contributed by atoms with Crippen LogP contribution in [0.3, 0.4) is 0 Å². The topological polar surface area (TPSA) is 82.1 Å². The number of hydrogen-bond acceptors (Lipinski definition) is 5. The summed E-state index contributed by atoms with van der Waals surface area (Å²) in [6, 6.07) is 5.97. The zero-order valence-electron chi connectivity index (χ0n) is 11.9. The van der Waals surface area contributed by atoms with E-state index >= 15 is 0 Å². The van der Waals surface area contributed by atoms with E-state index in [9.17, 15) is 19.1 Å². The monoisotopic (exact) mass is 321 g/mol. The maximum Gasteiger partial charge on any atom is 0.226 e. The average molecular weight is 321 g/mol. The quantitative estimate of drug-likeness (QED) is 0.882. The fourth-order valence-electron chi connectivity index (χ4n) is 1.88. The minimum Gasteiger partial charge on any atom is -0.550 e. The molecule has 2 aromatic rings. The molecule has 0 aliphatic rings. The van der Waals surface area contributed by atoms with Crippen LogP contribution in [-0.4, -0.2) is 16.9 Å². The second-order valence-corrected chi connectivity index (χ2v) is 5.66. The second kappa shape index (κ2) is 7.13. The number of carboxylic acids is 1. The Labute approximate surface area is 130 Å². The van der Waals surface area contributed by atoms with Crippen molar-refractivity contribution in [1.29, 1.82) is 0 Å². The van der Waals surface area contributed by atoms with Gasteiger partial charge in [-0.3, -0.25) is 4.79 Å². The molecule has 0 saturated heterocycles. The average Bonchev–Trinajstić information content (AvgIpc) is 2.88. The number of aliphatic carboxylic acids is 1. The smallest absolute Gasteiger partial charge is 0.226 e. The van der Waals surface area contributed by atoms with E-state index in [-0.39, 0.29) is 18.7 Å². The van der Waals surface area contributed by atoms with E-state index in [2.05, 4.69) is 10.3 Å². The van der Waals surface area contributed by atoms with E-state index in [1.165, 1.54) is 23.5 Å². The fraction of sp³-hybridized carbons (Fsp3) is 0.267. The van der Waals surface area contributed by atoms with Gasteiger partial charge in [0.25, 0.3) is 0 Å². The molecule has 1 aromatic heterocycles. The summed E-state index contributed by atoms with van der Waals surface area (Å²) >= 11 is 1.32. The Morgan fingerprint density at radius 1 is 1.27 bits per heavy atom. The first-order valence-electron chi connectivity index (χ1n) is 6.75. The molecule has 2 rings (SSSR count). The van der Waals surface area contributed by atoms with Gasteiger partial charge in [-0.1, -0.05) is 6.92 Å². The summed E-state index contributed by atoms with van der Waals surface area (Å²) in [5.74, 6) is -2.02. The lowest BCUT2D eigenvalue weighted by Crippen LogP contribution is -2.24. The normalized spacial score (nSPS) is 10.5.